The number of hydrogen-bond acceptors (Lipinski definition) is 2. The first-order chi connectivity index (χ1) is 8.17. The summed E-state index contributed by atoms with van der Waals surface area (Å²) in [5.74, 6) is 0.619. The van der Waals surface area contributed by atoms with Crippen molar-refractivity contribution >= 4 is 11.8 Å². The SMILES string of the molecule is CCNC1c2cc(C(C)C)ccc2SC1CC. The van der Waals surface area contributed by atoms with Crippen molar-refractivity contribution in [2.45, 2.75) is 56.2 Å². The van der Waals surface area contributed by atoms with Crippen molar-refractivity contribution in [2.24, 2.45) is 0 Å². The highest BCUT2D eigenvalue weighted by molar-refractivity contribution is 8.00. The van der Waals surface area contributed by atoms with Gasteiger partial charge in [-0.05, 0) is 36.1 Å². The third-order valence-electron chi connectivity index (χ3n) is 3.51. The Morgan fingerprint density at radius 3 is 2.65 bits per heavy atom. The highest BCUT2D eigenvalue weighted by Gasteiger charge is 2.31. The van der Waals surface area contributed by atoms with Crippen LogP contribution in [0.5, 0.6) is 0 Å². The Hall–Kier alpha value is -0.470. The summed E-state index contributed by atoms with van der Waals surface area (Å²) in [7, 11) is 0. The van der Waals surface area contributed by atoms with Crippen LogP contribution in [0.3, 0.4) is 0 Å². The monoisotopic (exact) mass is 249 g/mol. The Kier molecular flexibility index (Phi) is 4.16. The quantitative estimate of drug-likeness (QED) is 0.851. The predicted molar refractivity (Wildman–Crippen MR) is 76.9 cm³/mol. The molecule has 0 spiro atoms. The minimum absolute atomic E-state index is 0.545. The van der Waals surface area contributed by atoms with E-state index in [4.69, 9.17) is 0 Å². The van der Waals surface area contributed by atoms with Crippen LogP contribution in [-0.4, -0.2) is 11.8 Å². The highest BCUT2D eigenvalue weighted by atomic mass is 32.2. The van der Waals surface area contributed by atoms with E-state index in [1.54, 1.807) is 0 Å². The van der Waals surface area contributed by atoms with Gasteiger partial charge < -0.3 is 5.32 Å². The van der Waals surface area contributed by atoms with Crippen LogP contribution in [0.1, 0.15) is 57.2 Å². The van der Waals surface area contributed by atoms with Gasteiger partial charge in [0.25, 0.3) is 0 Å². The first-order valence-electron chi connectivity index (χ1n) is 6.71. The normalized spacial score (nSPS) is 23.1. The molecule has 0 radical (unpaired) electrons. The van der Waals surface area contributed by atoms with Gasteiger partial charge in [-0.1, -0.05) is 39.8 Å². The maximum Gasteiger partial charge on any atom is 0.0455 e. The van der Waals surface area contributed by atoms with E-state index in [1.165, 1.54) is 22.4 Å². The lowest BCUT2D eigenvalue weighted by molar-refractivity contribution is 0.527. The summed E-state index contributed by atoms with van der Waals surface area (Å²) < 4.78 is 0. The molecule has 0 fully saturated rings. The molecule has 0 amide bonds. The van der Waals surface area contributed by atoms with Crippen molar-refractivity contribution in [1.29, 1.82) is 0 Å². The van der Waals surface area contributed by atoms with E-state index in [-0.39, 0.29) is 0 Å². The molecule has 2 heteroatoms. The average Bonchev–Trinajstić information content (AvgIpc) is 2.67. The molecule has 2 atom stereocenters. The number of fused-ring (bicyclic) bond motifs is 1. The van der Waals surface area contributed by atoms with E-state index in [0.29, 0.717) is 17.2 Å². The minimum atomic E-state index is 0.545. The van der Waals surface area contributed by atoms with Crippen molar-refractivity contribution in [3.05, 3.63) is 29.3 Å². The number of thioether (sulfide) groups is 1. The van der Waals surface area contributed by atoms with Crippen molar-refractivity contribution in [3.8, 4) is 0 Å². The van der Waals surface area contributed by atoms with E-state index >= 15 is 0 Å². The van der Waals surface area contributed by atoms with E-state index in [1.807, 2.05) is 11.8 Å². The van der Waals surface area contributed by atoms with Gasteiger partial charge in [-0.15, -0.1) is 11.8 Å². The molecule has 1 aliphatic heterocycles. The Balaban J connectivity index is 2.33. The summed E-state index contributed by atoms with van der Waals surface area (Å²) in [6, 6.07) is 7.56. The summed E-state index contributed by atoms with van der Waals surface area (Å²) >= 11 is 2.04. The number of benzene rings is 1. The summed E-state index contributed by atoms with van der Waals surface area (Å²) in [5.41, 5.74) is 2.99. The van der Waals surface area contributed by atoms with E-state index < -0.39 is 0 Å². The second-order valence-corrected chi connectivity index (χ2v) is 6.33. The zero-order valence-corrected chi connectivity index (χ0v) is 12.1. The van der Waals surface area contributed by atoms with Crippen LogP contribution in [0, 0.1) is 0 Å². The molecule has 17 heavy (non-hydrogen) atoms. The Labute approximate surface area is 109 Å². The van der Waals surface area contributed by atoms with Gasteiger partial charge in [0.1, 0.15) is 0 Å². The van der Waals surface area contributed by atoms with Crippen molar-refractivity contribution in [1.82, 2.24) is 5.32 Å². The smallest absolute Gasteiger partial charge is 0.0455 e. The van der Waals surface area contributed by atoms with Gasteiger partial charge in [-0.25, -0.2) is 0 Å². The first-order valence-corrected chi connectivity index (χ1v) is 7.59. The fourth-order valence-corrected chi connectivity index (χ4v) is 3.83. The Bertz CT molecular complexity index is 387. The molecule has 0 aromatic heterocycles. The summed E-state index contributed by atoms with van der Waals surface area (Å²) in [5, 5.41) is 4.35. The molecular formula is C15H23NS. The number of rotatable bonds is 4. The minimum Gasteiger partial charge on any atom is -0.309 e. The van der Waals surface area contributed by atoms with Crippen LogP contribution in [0.25, 0.3) is 0 Å². The maximum atomic E-state index is 3.65. The fourth-order valence-electron chi connectivity index (χ4n) is 2.49. The molecule has 1 nitrogen and oxygen atoms in total. The molecule has 0 bridgehead atoms. The molecule has 0 saturated carbocycles. The molecule has 0 aliphatic carbocycles. The molecular weight excluding hydrogens is 226 g/mol. The Morgan fingerprint density at radius 1 is 1.29 bits per heavy atom. The largest absolute Gasteiger partial charge is 0.309 e. The number of nitrogens with one attached hydrogen (secondary N) is 1. The van der Waals surface area contributed by atoms with Crippen LogP contribution in [0.2, 0.25) is 0 Å². The van der Waals surface area contributed by atoms with E-state index in [0.717, 1.165) is 6.54 Å². The zero-order chi connectivity index (χ0) is 12.4. The molecule has 1 aliphatic rings. The molecule has 2 rings (SSSR count). The molecule has 1 aromatic rings. The van der Waals surface area contributed by atoms with Crippen LogP contribution in [0.15, 0.2) is 23.1 Å². The number of hydrogen-bond donors (Lipinski definition) is 1. The van der Waals surface area contributed by atoms with Crippen molar-refractivity contribution < 1.29 is 0 Å². The standard InChI is InChI=1S/C15H23NS/c1-5-13-15(16-6-2)12-9-11(10(3)4)7-8-14(12)17-13/h7-10,13,15-16H,5-6H2,1-4H3. The fraction of sp³-hybridized carbons (Fsp3) is 0.600. The van der Waals surface area contributed by atoms with E-state index in [2.05, 4.69) is 51.2 Å². The van der Waals surface area contributed by atoms with Crippen LogP contribution < -0.4 is 5.32 Å². The van der Waals surface area contributed by atoms with Gasteiger partial charge >= 0.3 is 0 Å². The second kappa shape index (κ2) is 5.45. The molecule has 1 N–H and O–H groups in total. The lowest BCUT2D eigenvalue weighted by Gasteiger charge is -2.19. The van der Waals surface area contributed by atoms with Gasteiger partial charge in [-0.2, -0.15) is 0 Å². The average molecular weight is 249 g/mol. The van der Waals surface area contributed by atoms with Crippen molar-refractivity contribution in [3.63, 3.8) is 0 Å². The van der Waals surface area contributed by atoms with Gasteiger partial charge in [0.2, 0.25) is 0 Å². The molecule has 2 unspecified atom stereocenters. The Morgan fingerprint density at radius 2 is 2.06 bits per heavy atom. The van der Waals surface area contributed by atoms with E-state index in [9.17, 15) is 0 Å². The van der Waals surface area contributed by atoms with Crippen LogP contribution >= 0.6 is 11.8 Å². The zero-order valence-electron chi connectivity index (χ0n) is 11.3. The second-order valence-electron chi connectivity index (χ2n) is 5.05. The molecule has 1 heterocycles. The molecule has 94 valence electrons. The van der Waals surface area contributed by atoms with Crippen LogP contribution in [0.4, 0.5) is 0 Å². The third-order valence-corrected chi connectivity index (χ3v) is 5.05. The third kappa shape index (κ3) is 2.53. The summed E-state index contributed by atoms with van der Waals surface area (Å²) in [6.07, 6.45) is 1.23. The van der Waals surface area contributed by atoms with Gasteiger partial charge in [0.05, 0.1) is 0 Å². The predicted octanol–water partition coefficient (Wildman–Crippen LogP) is 4.34. The topological polar surface area (TPSA) is 12.0 Å². The lowest BCUT2D eigenvalue weighted by Crippen LogP contribution is -2.26. The highest BCUT2D eigenvalue weighted by Crippen LogP contribution is 2.46. The maximum absolute atomic E-state index is 3.65. The molecule has 0 saturated heterocycles. The van der Waals surface area contributed by atoms with Crippen molar-refractivity contribution in [2.75, 3.05) is 6.54 Å². The summed E-state index contributed by atoms with van der Waals surface area (Å²) in [6.45, 7) is 10.1. The van der Waals surface area contributed by atoms with Crippen LogP contribution in [-0.2, 0) is 0 Å². The van der Waals surface area contributed by atoms with Gasteiger partial charge in [0, 0.05) is 16.2 Å². The van der Waals surface area contributed by atoms with Gasteiger partial charge in [0.15, 0.2) is 0 Å². The lowest BCUT2D eigenvalue weighted by atomic mass is 9.96. The summed E-state index contributed by atoms with van der Waals surface area (Å²) in [4.78, 5) is 1.48. The van der Waals surface area contributed by atoms with Gasteiger partial charge in [-0.3, -0.25) is 0 Å². The molecule has 1 aromatic carbocycles. The first kappa shape index (κ1) is 13.0.